The fourth-order valence-corrected chi connectivity index (χ4v) is 4.73. The van der Waals surface area contributed by atoms with E-state index in [9.17, 15) is 9.90 Å². The number of amides is 2. The number of piperidine rings is 1. The van der Waals surface area contributed by atoms with Gasteiger partial charge < -0.3 is 25.4 Å². The summed E-state index contributed by atoms with van der Waals surface area (Å²) in [5.74, 6) is -0.297. The van der Waals surface area contributed by atoms with Crippen LogP contribution < -0.4 is 15.4 Å². The van der Waals surface area contributed by atoms with E-state index in [-0.39, 0.29) is 29.0 Å². The third-order valence-corrected chi connectivity index (χ3v) is 6.79. The van der Waals surface area contributed by atoms with Gasteiger partial charge in [0, 0.05) is 31.9 Å². The van der Waals surface area contributed by atoms with Crippen molar-refractivity contribution in [2.75, 3.05) is 25.5 Å². The first-order valence-corrected chi connectivity index (χ1v) is 12.4. The zero-order valence-corrected chi connectivity index (χ0v) is 20.8. The number of urea groups is 1. The summed E-state index contributed by atoms with van der Waals surface area (Å²) in [6.45, 7) is 3.59. The van der Waals surface area contributed by atoms with Crippen molar-refractivity contribution in [3.05, 3.63) is 59.8 Å². The molecule has 0 radical (unpaired) electrons. The van der Waals surface area contributed by atoms with Crippen molar-refractivity contribution in [1.82, 2.24) is 25.2 Å². The van der Waals surface area contributed by atoms with Gasteiger partial charge in [-0.05, 0) is 49.1 Å². The number of nitrogens with zero attached hydrogens (tertiary/aromatic N) is 4. The zero-order valence-electron chi connectivity index (χ0n) is 20.8. The number of nitrogens with one attached hydrogen (secondary N) is 2. The highest BCUT2D eigenvalue weighted by Crippen LogP contribution is 2.34. The minimum atomic E-state index is -0.536. The maximum Gasteiger partial charge on any atom is 0.321 e. The molecule has 0 unspecified atom stereocenters. The first-order valence-electron chi connectivity index (χ1n) is 12.4. The molecule has 3 N–H and O–H groups in total. The maximum atomic E-state index is 15.2. The fraction of sp³-hybridized carbons (Fsp3) is 0.333. The summed E-state index contributed by atoms with van der Waals surface area (Å²) in [6.07, 6.45) is 5.46. The number of benzene rings is 2. The minimum Gasteiger partial charge on any atom is -0.506 e. The van der Waals surface area contributed by atoms with E-state index < -0.39 is 5.82 Å². The highest BCUT2D eigenvalue weighted by Gasteiger charge is 2.24. The van der Waals surface area contributed by atoms with E-state index >= 15 is 4.39 Å². The molecule has 0 atom stereocenters. The predicted molar refractivity (Wildman–Crippen MR) is 139 cm³/mol. The number of para-hydroxylation sites is 1. The molecule has 37 heavy (non-hydrogen) atoms. The molecule has 0 bridgehead atoms. The number of phenolic OH excluding ortho intramolecular Hbond substituents is 1. The lowest BCUT2D eigenvalue weighted by atomic mass is 10.0. The van der Waals surface area contributed by atoms with E-state index in [0.717, 1.165) is 24.1 Å². The van der Waals surface area contributed by atoms with E-state index in [4.69, 9.17) is 4.74 Å². The molecule has 1 saturated heterocycles. The van der Waals surface area contributed by atoms with Crippen LogP contribution in [-0.4, -0.2) is 57.2 Å². The average Bonchev–Trinajstić information content (AvgIpc) is 2.93. The Labute approximate surface area is 213 Å². The summed E-state index contributed by atoms with van der Waals surface area (Å²) in [4.78, 5) is 28.0. The number of carbonyl (C=O) groups excluding carboxylic acids is 1. The number of likely N-dealkylation sites (tertiary alicyclic amines) is 1. The number of aromatic hydroxyl groups is 1. The van der Waals surface area contributed by atoms with Crippen molar-refractivity contribution in [2.45, 2.75) is 38.8 Å². The largest absolute Gasteiger partial charge is 0.506 e. The summed E-state index contributed by atoms with van der Waals surface area (Å²) in [5, 5.41) is 16.6. The molecule has 5 rings (SSSR count). The first-order chi connectivity index (χ1) is 18.0. The maximum absolute atomic E-state index is 15.2. The molecule has 192 valence electrons. The molecule has 1 aliphatic rings. The Bertz CT molecular complexity index is 1460. The normalized spacial score (nSPS) is 14.3. The minimum absolute atomic E-state index is 0.109. The number of rotatable bonds is 6. The Kier molecular flexibility index (Phi) is 7.00. The molecule has 2 aromatic carbocycles. The van der Waals surface area contributed by atoms with Crippen molar-refractivity contribution in [3.63, 3.8) is 0 Å². The Balaban J connectivity index is 1.22. The van der Waals surface area contributed by atoms with Gasteiger partial charge in [-0.2, -0.15) is 0 Å². The fourth-order valence-electron chi connectivity index (χ4n) is 4.73. The van der Waals surface area contributed by atoms with Crippen LogP contribution >= 0.6 is 0 Å². The third-order valence-electron chi connectivity index (χ3n) is 6.79. The molecule has 10 heteroatoms. The standard InChI is InChI=1S/C27H29FN6O3/c1-3-16-13-22(37-2)24(28)23-19(7-10-29-25(16)23)33-27(36)34-11-8-17(9-12-34)30-14-18-15-31-20-5-4-6-21(35)26(20)32-18/h4-7,10,13,15,17,30,35H,3,8-9,11-12,14H2,1-2H3,(H,29,33,36). The van der Waals surface area contributed by atoms with Crippen LogP contribution in [0.2, 0.25) is 0 Å². The lowest BCUT2D eigenvalue weighted by molar-refractivity contribution is 0.188. The van der Waals surface area contributed by atoms with Crippen LogP contribution in [0.1, 0.15) is 31.0 Å². The van der Waals surface area contributed by atoms with Crippen LogP contribution in [-0.2, 0) is 13.0 Å². The number of methoxy groups -OCH3 is 1. The molecule has 1 aliphatic heterocycles. The summed E-state index contributed by atoms with van der Waals surface area (Å²) >= 11 is 0. The molecule has 0 saturated carbocycles. The second-order valence-corrected chi connectivity index (χ2v) is 9.07. The Morgan fingerprint density at radius 2 is 2.03 bits per heavy atom. The van der Waals surface area contributed by atoms with Crippen LogP contribution in [0.4, 0.5) is 14.9 Å². The molecule has 4 aromatic rings. The Morgan fingerprint density at radius 1 is 1.22 bits per heavy atom. The number of aromatic nitrogens is 3. The second-order valence-electron chi connectivity index (χ2n) is 9.07. The molecular formula is C27H29FN6O3. The van der Waals surface area contributed by atoms with Gasteiger partial charge in [-0.1, -0.05) is 13.0 Å². The van der Waals surface area contributed by atoms with Gasteiger partial charge in [0.15, 0.2) is 11.6 Å². The number of anilines is 1. The highest BCUT2D eigenvalue weighted by molar-refractivity contribution is 6.02. The summed E-state index contributed by atoms with van der Waals surface area (Å²) in [5.41, 5.74) is 3.61. The molecule has 0 aliphatic carbocycles. The van der Waals surface area contributed by atoms with E-state index in [1.54, 1.807) is 41.6 Å². The van der Waals surface area contributed by atoms with Crippen molar-refractivity contribution >= 4 is 33.7 Å². The number of carbonyl (C=O) groups is 1. The third kappa shape index (κ3) is 4.97. The van der Waals surface area contributed by atoms with Gasteiger partial charge in [-0.3, -0.25) is 9.97 Å². The number of hydrogen-bond acceptors (Lipinski definition) is 7. The topological polar surface area (TPSA) is 113 Å². The number of hydrogen-bond donors (Lipinski definition) is 3. The number of pyridine rings is 1. The molecule has 2 aromatic heterocycles. The van der Waals surface area contributed by atoms with Gasteiger partial charge >= 0.3 is 6.03 Å². The van der Waals surface area contributed by atoms with Gasteiger partial charge in [-0.25, -0.2) is 14.2 Å². The molecule has 1 fully saturated rings. The van der Waals surface area contributed by atoms with E-state index in [1.807, 2.05) is 13.0 Å². The monoisotopic (exact) mass is 504 g/mol. The van der Waals surface area contributed by atoms with Crippen molar-refractivity contribution in [3.8, 4) is 11.5 Å². The number of phenols is 1. The molecule has 2 amide bonds. The van der Waals surface area contributed by atoms with Gasteiger partial charge in [0.05, 0.1) is 41.1 Å². The summed E-state index contributed by atoms with van der Waals surface area (Å²) in [7, 11) is 1.42. The van der Waals surface area contributed by atoms with Gasteiger partial charge in [0.2, 0.25) is 0 Å². The number of halogens is 1. The van der Waals surface area contributed by atoms with Gasteiger partial charge in [-0.15, -0.1) is 0 Å². The van der Waals surface area contributed by atoms with Crippen molar-refractivity contribution < 1.29 is 19.0 Å². The summed E-state index contributed by atoms with van der Waals surface area (Å²) < 4.78 is 20.4. The number of aryl methyl sites for hydroxylation is 1. The lowest BCUT2D eigenvalue weighted by Crippen LogP contribution is -2.46. The van der Waals surface area contributed by atoms with Crippen LogP contribution in [0.5, 0.6) is 11.5 Å². The lowest BCUT2D eigenvalue weighted by Gasteiger charge is -2.32. The van der Waals surface area contributed by atoms with Crippen LogP contribution in [0.25, 0.3) is 21.9 Å². The van der Waals surface area contributed by atoms with Crippen LogP contribution in [0.3, 0.4) is 0 Å². The van der Waals surface area contributed by atoms with E-state index in [2.05, 4.69) is 25.6 Å². The first kappa shape index (κ1) is 24.6. The number of fused-ring (bicyclic) bond motifs is 2. The Hall–Kier alpha value is -4.05. The molecule has 0 spiro atoms. The summed E-state index contributed by atoms with van der Waals surface area (Å²) in [6, 6.07) is 8.34. The van der Waals surface area contributed by atoms with Gasteiger partial charge in [0.25, 0.3) is 0 Å². The van der Waals surface area contributed by atoms with Gasteiger partial charge in [0.1, 0.15) is 11.3 Å². The van der Waals surface area contributed by atoms with E-state index in [0.29, 0.717) is 48.3 Å². The SMILES string of the molecule is CCc1cc(OC)c(F)c2c(NC(=O)N3CCC(NCc4cnc5cccc(O)c5n4)CC3)ccnc12. The van der Waals surface area contributed by atoms with Crippen LogP contribution in [0, 0.1) is 5.82 Å². The molecular weight excluding hydrogens is 475 g/mol. The predicted octanol–water partition coefficient (Wildman–Crippen LogP) is 4.38. The molecule has 9 nitrogen and oxygen atoms in total. The highest BCUT2D eigenvalue weighted by atomic mass is 19.1. The quantitative estimate of drug-likeness (QED) is 0.357. The van der Waals surface area contributed by atoms with E-state index in [1.165, 1.54) is 7.11 Å². The molecule has 3 heterocycles. The van der Waals surface area contributed by atoms with Crippen LogP contribution in [0.15, 0.2) is 42.7 Å². The second kappa shape index (κ2) is 10.5. The zero-order chi connectivity index (χ0) is 25.9. The smallest absolute Gasteiger partial charge is 0.321 e. The van der Waals surface area contributed by atoms with Crippen molar-refractivity contribution in [2.24, 2.45) is 0 Å². The Morgan fingerprint density at radius 3 is 2.78 bits per heavy atom. The average molecular weight is 505 g/mol. The number of ether oxygens (including phenoxy) is 1. The van der Waals surface area contributed by atoms with Crippen molar-refractivity contribution in [1.29, 1.82) is 0 Å².